The van der Waals surface area contributed by atoms with Crippen molar-refractivity contribution in [1.82, 2.24) is 25.5 Å². The molecule has 1 fully saturated rings. The number of amides is 3. The Bertz CT molecular complexity index is 1010. The Labute approximate surface area is 195 Å². The number of H-pyrrole nitrogens is 1. The summed E-state index contributed by atoms with van der Waals surface area (Å²) in [4.78, 5) is 57.7. The molecular formula is C22H28N6O6. The molecule has 1 aromatic carbocycles. The number of hydrogen-bond acceptors (Lipinski definition) is 7. The highest BCUT2D eigenvalue weighted by molar-refractivity contribution is 5.94. The van der Waals surface area contributed by atoms with Crippen LogP contribution in [0.4, 0.5) is 0 Å². The van der Waals surface area contributed by atoms with E-state index in [2.05, 4.69) is 20.6 Å². The molecule has 1 aliphatic heterocycles. The van der Waals surface area contributed by atoms with Gasteiger partial charge in [0.15, 0.2) is 0 Å². The van der Waals surface area contributed by atoms with E-state index in [1.54, 1.807) is 18.3 Å². The fraction of sp³-hybridized carbons (Fsp3) is 0.409. The van der Waals surface area contributed by atoms with Crippen LogP contribution in [0.25, 0.3) is 0 Å². The number of hydrogen-bond donors (Lipinski definition) is 6. The molecule has 2 aromatic rings. The number of carbonyl (C=O) groups is 4. The quantitative estimate of drug-likeness (QED) is 0.251. The van der Waals surface area contributed by atoms with Gasteiger partial charge in [0.1, 0.15) is 24.4 Å². The number of nitrogens with two attached hydrogens (primary N) is 1. The number of benzene rings is 1. The summed E-state index contributed by atoms with van der Waals surface area (Å²) >= 11 is 0. The molecule has 1 aromatic heterocycles. The van der Waals surface area contributed by atoms with Crippen molar-refractivity contribution in [3.05, 3.63) is 48.0 Å². The number of nitrogens with zero attached hydrogens (tertiary/aromatic N) is 2. The Morgan fingerprint density at radius 1 is 1.21 bits per heavy atom. The summed E-state index contributed by atoms with van der Waals surface area (Å²) in [6, 6.07) is 3.35. The molecule has 3 rings (SSSR count). The number of aromatic hydroxyl groups is 1. The number of likely N-dealkylation sites (tertiary alicyclic amines) is 1. The van der Waals surface area contributed by atoms with Gasteiger partial charge in [-0.05, 0) is 30.5 Å². The smallest absolute Gasteiger partial charge is 0.322 e. The van der Waals surface area contributed by atoms with E-state index in [9.17, 15) is 24.3 Å². The molecule has 34 heavy (non-hydrogen) atoms. The standard InChI is InChI=1S/C22H28N6O6/c23-16(9-14-10-24-12-26-14)22(34)28-7-1-2-18(28)21(33)27-17(20(32)25-11-19(30)31)8-13-3-5-15(29)6-4-13/h3-6,10,12,16-18,29H,1-2,7-9,11,23H2,(H,24,26)(H,25,32)(H,27,33)(H,30,31). The number of phenolic OH excluding ortho intramolecular Hbond substituents is 1. The zero-order chi connectivity index (χ0) is 24.7. The van der Waals surface area contributed by atoms with Crippen LogP contribution in [0, 0.1) is 0 Å². The molecule has 12 nitrogen and oxygen atoms in total. The highest BCUT2D eigenvalue weighted by Crippen LogP contribution is 2.20. The first-order chi connectivity index (χ1) is 16.2. The van der Waals surface area contributed by atoms with Gasteiger partial charge in [-0.15, -0.1) is 0 Å². The van der Waals surface area contributed by atoms with Gasteiger partial charge in [-0.25, -0.2) is 4.98 Å². The third-order valence-corrected chi connectivity index (χ3v) is 5.57. The van der Waals surface area contributed by atoms with Gasteiger partial charge in [-0.3, -0.25) is 19.2 Å². The Kier molecular flexibility index (Phi) is 8.19. The molecule has 1 saturated heterocycles. The average Bonchev–Trinajstić information content (AvgIpc) is 3.50. The van der Waals surface area contributed by atoms with Crippen molar-refractivity contribution in [2.24, 2.45) is 5.73 Å². The highest BCUT2D eigenvalue weighted by Gasteiger charge is 2.37. The van der Waals surface area contributed by atoms with Gasteiger partial charge >= 0.3 is 5.97 Å². The van der Waals surface area contributed by atoms with E-state index in [4.69, 9.17) is 10.8 Å². The lowest BCUT2D eigenvalue weighted by Crippen LogP contribution is -2.56. The number of phenols is 1. The molecule has 0 spiro atoms. The number of aliphatic carboxylic acids is 1. The van der Waals surface area contributed by atoms with Crippen LogP contribution in [0.3, 0.4) is 0 Å². The third-order valence-electron chi connectivity index (χ3n) is 5.57. The van der Waals surface area contributed by atoms with E-state index < -0.39 is 42.5 Å². The Hall–Kier alpha value is -3.93. The lowest BCUT2D eigenvalue weighted by Gasteiger charge is -2.28. The van der Waals surface area contributed by atoms with Crippen LogP contribution < -0.4 is 16.4 Å². The van der Waals surface area contributed by atoms with Crippen LogP contribution in [0.5, 0.6) is 5.75 Å². The minimum Gasteiger partial charge on any atom is -0.508 e. The number of carbonyl (C=O) groups excluding carboxylic acids is 3. The molecule has 0 saturated carbocycles. The first-order valence-corrected chi connectivity index (χ1v) is 10.9. The fourth-order valence-corrected chi connectivity index (χ4v) is 3.87. The number of nitrogens with one attached hydrogen (secondary N) is 3. The molecule has 3 unspecified atom stereocenters. The molecule has 0 aliphatic carbocycles. The van der Waals surface area contributed by atoms with Gasteiger partial charge in [0.05, 0.1) is 12.4 Å². The largest absolute Gasteiger partial charge is 0.508 e. The summed E-state index contributed by atoms with van der Waals surface area (Å²) in [6.45, 7) is -0.237. The number of carboxylic acid groups (broad SMARTS) is 1. The second-order valence-corrected chi connectivity index (χ2v) is 8.12. The molecular weight excluding hydrogens is 444 g/mol. The summed E-state index contributed by atoms with van der Waals surface area (Å²) in [5.74, 6) is -2.74. The Morgan fingerprint density at radius 2 is 1.94 bits per heavy atom. The second kappa shape index (κ2) is 11.3. The van der Waals surface area contributed by atoms with Gasteiger partial charge in [-0.1, -0.05) is 12.1 Å². The van der Waals surface area contributed by atoms with Crippen LogP contribution in [-0.2, 0) is 32.0 Å². The van der Waals surface area contributed by atoms with Crippen molar-refractivity contribution in [2.45, 2.75) is 43.8 Å². The third kappa shape index (κ3) is 6.54. The average molecular weight is 473 g/mol. The first-order valence-electron chi connectivity index (χ1n) is 10.9. The maximum absolute atomic E-state index is 13.1. The summed E-state index contributed by atoms with van der Waals surface area (Å²) < 4.78 is 0. The van der Waals surface area contributed by atoms with Gasteiger partial charge in [0.25, 0.3) is 0 Å². The molecule has 182 valence electrons. The number of aromatic amines is 1. The van der Waals surface area contributed by atoms with E-state index in [-0.39, 0.29) is 24.5 Å². The maximum Gasteiger partial charge on any atom is 0.322 e. The van der Waals surface area contributed by atoms with E-state index >= 15 is 0 Å². The van der Waals surface area contributed by atoms with Crippen LogP contribution in [-0.4, -0.2) is 80.0 Å². The predicted molar refractivity (Wildman–Crippen MR) is 119 cm³/mol. The lowest BCUT2D eigenvalue weighted by molar-refractivity contribution is -0.141. The molecule has 0 radical (unpaired) electrons. The van der Waals surface area contributed by atoms with Gasteiger partial charge < -0.3 is 36.5 Å². The van der Waals surface area contributed by atoms with Crippen LogP contribution >= 0.6 is 0 Å². The first kappa shape index (κ1) is 24.7. The molecule has 12 heteroatoms. The van der Waals surface area contributed by atoms with Crippen molar-refractivity contribution in [1.29, 1.82) is 0 Å². The van der Waals surface area contributed by atoms with E-state index in [1.165, 1.54) is 23.4 Å². The maximum atomic E-state index is 13.1. The Balaban J connectivity index is 1.69. The number of imidazole rings is 1. The molecule has 3 atom stereocenters. The van der Waals surface area contributed by atoms with Crippen molar-refractivity contribution >= 4 is 23.7 Å². The predicted octanol–water partition coefficient (Wildman–Crippen LogP) is -1.10. The number of carboxylic acids is 1. The van der Waals surface area contributed by atoms with Crippen LogP contribution in [0.15, 0.2) is 36.8 Å². The number of aromatic nitrogens is 2. The van der Waals surface area contributed by atoms with E-state index in [0.717, 1.165) is 0 Å². The molecule has 0 bridgehead atoms. The summed E-state index contributed by atoms with van der Waals surface area (Å²) in [7, 11) is 0. The SMILES string of the molecule is NC(Cc1cnc[nH]1)C(=O)N1CCCC1C(=O)NC(Cc1ccc(O)cc1)C(=O)NCC(=O)O. The molecule has 2 heterocycles. The zero-order valence-electron chi connectivity index (χ0n) is 18.4. The van der Waals surface area contributed by atoms with Crippen molar-refractivity contribution < 1.29 is 29.4 Å². The van der Waals surface area contributed by atoms with Crippen molar-refractivity contribution in [2.75, 3.05) is 13.1 Å². The summed E-state index contributed by atoms with van der Waals surface area (Å²) in [5, 5.41) is 23.3. The van der Waals surface area contributed by atoms with E-state index in [1.807, 2.05) is 0 Å². The molecule has 3 amide bonds. The zero-order valence-corrected chi connectivity index (χ0v) is 18.4. The normalized spacial score (nSPS) is 17.1. The number of rotatable bonds is 10. The second-order valence-electron chi connectivity index (χ2n) is 8.12. The van der Waals surface area contributed by atoms with Crippen molar-refractivity contribution in [3.63, 3.8) is 0 Å². The monoisotopic (exact) mass is 472 g/mol. The van der Waals surface area contributed by atoms with Gasteiger partial charge in [0, 0.05) is 31.3 Å². The fourth-order valence-electron chi connectivity index (χ4n) is 3.87. The minimum absolute atomic E-state index is 0.0474. The van der Waals surface area contributed by atoms with E-state index in [0.29, 0.717) is 30.6 Å². The molecule has 7 N–H and O–H groups in total. The van der Waals surface area contributed by atoms with Crippen LogP contribution in [0.2, 0.25) is 0 Å². The lowest BCUT2D eigenvalue weighted by atomic mass is 10.0. The summed E-state index contributed by atoms with van der Waals surface area (Å²) in [5.41, 5.74) is 7.42. The van der Waals surface area contributed by atoms with Crippen LogP contribution in [0.1, 0.15) is 24.1 Å². The molecule has 1 aliphatic rings. The topological polar surface area (TPSA) is 191 Å². The summed E-state index contributed by atoms with van der Waals surface area (Å²) in [6.07, 6.45) is 4.39. The highest BCUT2D eigenvalue weighted by atomic mass is 16.4. The van der Waals surface area contributed by atoms with Crippen molar-refractivity contribution in [3.8, 4) is 5.75 Å². The van der Waals surface area contributed by atoms with Gasteiger partial charge in [-0.2, -0.15) is 0 Å². The Morgan fingerprint density at radius 3 is 2.59 bits per heavy atom. The van der Waals surface area contributed by atoms with Gasteiger partial charge in [0.2, 0.25) is 17.7 Å². The minimum atomic E-state index is -1.22.